The molecule has 2 aromatic rings. The molecule has 3 heterocycles. The van der Waals surface area contributed by atoms with Gasteiger partial charge < -0.3 is 14.5 Å². The second kappa shape index (κ2) is 6.95. The van der Waals surface area contributed by atoms with Crippen molar-refractivity contribution in [2.24, 2.45) is 0 Å². The second-order valence-electron chi connectivity index (χ2n) is 5.34. The highest BCUT2D eigenvalue weighted by atomic mass is 32.1. The van der Waals surface area contributed by atoms with E-state index in [2.05, 4.69) is 25.1 Å². The van der Waals surface area contributed by atoms with Gasteiger partial charge in [0.1, 0.15) is 11.4 Å². The van der Waals surface area contributed by atoms with E-state index in [0.29, 0.717) is 18.0 Å². The van der Waals surface area contributed by atoms with Gasteiger partial charge in [-0.15, -0.1) is 11.3 Å². The molecule has 6 nitrogen and oxygen atoms in total. The van der Waals surface area contributed by atoms with Gasteiger partial charge in [0.25, 0.3) is 0 Å². The molecule has 23 heavy (non-hydrogen) atoms. The van der Waals surface area contributed by atoms with Crippen LogP contribution in [0.1, 0.15) is 23.0 Å². The average Bonchev–Trinajstić information content (AvgIpc) is 3.02. The number of anilines is 2. The molecule has 0 aromatic carbocycles. The first-order chi connectivity index (χ1) is 11.2. The maximum Gasteiger partial charge on any atom is 0.341 e. The Morgan fingerprint density at radius 1 is 1.30 bits per heavy atom. The minimum absolute atomic E-state index is 0.312. The zero-order valence-electron chi connectivity index (χ0n) is 13.4. The van der Waals surface area contributed by atoms with E-state index in [1.807, 2.05) is 13.8 Å². The number of ether oxygens (including phenoxy) is 1. The van der Waals surface area contributed by atoms with E-state index in [4.69, 9.17) is 4.74 Å². The Balaban J connectivity index is 1.71. The Hall–Kier alpha value is -2.15. The van der Waals surface area contributed by atoms with Crippen LogP contribution in [0.4, 0.5) is 10.9 Å². The van der Waals surface area contributed by atoms with Crippen molar-refractivity contribution >= 4 is 28.3 Å². The van der Waals surface area contributed by atoms with E-state index in [0.717, 1.165) is 37.0 Å². The van der Waals surface area contributed by atoms with Crippen molar-refractivity contribution in [3.63, 3.8) is 0 Å². The van der Waals surface area contributed by atoms with Crippen LogP contribution in [0, 0.1) is 6.92 Å². The first kappa shape index (κ1) is 15.7. The zero-order valence-corrected chi connectivity index (χ0v) is 14.2. The van der Waals surface area contributed by atoms with Crippen molar-refractivity contribution in [3.8, 4) is 0 Å². The predicted molar refractivity (Wildman–Crippen MR) is 91.5 cm³/mol. The van der Waals surface area contributed by atoms with E-state index in [9.17, 15) is 4.79 Å². The monoisotopic (exact) mass is 332 g/mol. The molecule has 1 saturated heterocycles. The standard InChI is InChI=1S/C16H20N4O2S/c1-3-22-15(21)13-5-4-6-17-14(13)19-7-9-20(10-8-19)16-18-12(2)11-23-16/h4-6,11H,3,7-10H2,1-2H3. The Bertz CT molecular complexity index is 680. The Kier molecular flexibility index (Phi) is 4.76. The lowest BCUT2D eigenvalue weighted by molar-refractivity contribution is 0.0526. The lowest BCUT2D eigenvalue weighted by atomic mass is 10.2. The number of piperazine rings is 1. The van der Waals surface area contributed by atoms with Crippen molar-refractivity contribution in [3.05, 3.63) is 35.0 Å². The summed E-state index contributed by atoms with van der Waals surface area (Å²) in [6.07, 6.45) is 1.72. The maximum absolute atomic E-state index is 12.1. The molecular weight excluding hydrogens is 312 g/mol. The van der Waals surface area contributed by atoms with Gasteiger partial charge in [0.2, 0.25) is 0 Å². The molecule has 0 spiro atoms. The van der Waals surface area contributed by atoms with Crippen molar-refractivity contribution in [1.82, 2.24) is 9.97 Å². The molecule has 1 fully saturated rings. The third kappa shape index (κ3) is 3.44. The number of carbonyl (C=O) groups is 1. The molecular formula is C16H20N4O2S. The summed E-state index contributed by atoms with van der Waals surface area (Å²) < 4.78 is 5.13. The molecule has 0 N–H and O–H groups in total. The molecule has 0 unspecified atom stereocenters. The quantitative estimate of drug-likeness (QED) is 0.801. The SMILES string of the molecule is CCOC(=O)c1cccnc1N1CCN(c2nc(C)cs2)CC1. The minimum atomic E-state index is -0.312. The van der Waals surface area contributed by atoms with E-state index in [1.54, 1.807) is 29.7 Å². The number of aryl methyl sites for hydroxylation is 1. The number of nitrogens with zero attached hydrogens (tertiary/aromatic N) is 4. The highest BCUT2D eigenvalue weighted by Gasteiger charge is 2.24. The van der Waals surface area contributed by atoms with Crippen molar-refractivity contribution in [2.45, 2.75) is 13.8 Å². The summed E-state index contributed by atoms with van der Waals surface area (Å²) in [7, 11) is 0. The lowest BCUT2D eigenvalue weighted by Gasteiger charge is -2.35. The molecule has 3 rings (SSSR count). The number of esters is 1. The van der Waals surface area contributed by atoms with Gasteiger partial charge in [0.15, 0.2) is 5.13 Å². The van der Waals surface area contributed by atoms with Gasteiger partial charge in [0, 0.05) is 37.8 Å². The van der Waals surface area contributed by atoms with Crippen LogP contribution in [-0.2, 0) is 4.74 Å². The Morgan fingerprint density at radius 3 is 2.70 bits per heavy atom. The van der Waals surface area contributed by atoms with E-state index >= 15 is 0 Å². The van der Waals surface area contributed by atoms with Gasteiger partial charge in [-0.25, -0.2) is 14.8 Å². The molecule has 0 bridgehead atoms. The summed E-state index contributed by atoms with van der Waals surface area (Å²) in [4.78, 5) is 25.4. The Labute approximate surface area is 139 Å². The van der Waals surface area contributed by atoms with Gasteiger partial charge in [-0.2, -0.15) is 0 Å². The minimum Gasteiger partial charge on any atom is -0.462 e. The number of hydrogen-bond acceptors (Lipinski definition) is 7. The highest BCUT2D eigenvalue weighted by molar-refractivity contribution is 7.13. The number of hydrogen-bond donors (Lipinski definition) is 0. The van der Waals surface area contributed by atoms with E-state index < -0.39 is 0 Å². The summed E-state index contributed by atoms with van der Waals surface area (Å²) in [5, 5.41) is 3.13. The molecule has 2 aromatic heterocycles. The molecule has 0 amide bonds. The van der Waals surface area contributed by atoms with Crippen molar-refractivity contribution in [2.75, 3.05) is 42.6 Å². The molecule has 0 aliphatic carbocycles. The smallest absolute Gasteiger partial charge is 0.341 e. The average molecular weight is 332 g/mol. The number of aromatic nitrogens is 2. The number of rotatable bonds is 4. The molecule has 0 radical (unpaired) electrons. The fourth-order valence-electron chi connectivity index (χ4n) is 2.61. The van der Waals surface area contributed by atoms with Crippen LogP contribution in [0.15, 0.2) is 23.7 Å². The summed E-state index contributed by atoms with van der Waals surface area (Å²) in [6, 6.07) is 3.54. The summed E-state index contributed by atoms with van der Waals surface area (Å²) in [6.45, 7) is 7.53. The first-order valence-electron chi connectivity index (χ1n) is 7.73. The van der Waals surface area contributed by atoms with Crippen molar-refractivity contribution < 1.29 is 9.53 Å². The fourth-order valence-corrected chi connectivity index (χ4v) is 3.47. The second-order valence-corrected chi connectivity index (χ2v) is 6.18. The summed E-state index contributed by atoms with van der Waals surface area (Å²) in [5.41, 5.74) is 1.59. The summed E-state index contributed by atoms with van der Waals surface area (Å²) in [5.74, 6) is 0.398. The van der Waals surface area contributed by atoms with Crippen LogP contribution >= 0.6 is 11.3 Å². The molecule has 0 atom stereocenters. The predicted octanol–water partition coefficient (Wildman–Crippen LogP) is 2.35. The van der Waals surface area contributed by atoms with Crippen LogP contribution < -0.4 is 9.80 Å². The van der Waals surface area contributed by atoms with Crippen molar-refractivity contribution in [1.29, 1.82) is 0 Å². The summed E-state index contributed by atoms with van der Waals surface area (Å²) >= 11 is 1.67. The van der Waals surface area contributed by atoms with Crippen LogP contribution in [0.5, 0.6) is 0 Å². The van der Waals surface area contributed by atoms with E-state index in [1.165, 1.54) is 0 Å². The zero-order chi connectivity index (χ0) is 16.2. The number of carbonyl (C=O) groups excluding carboxylic acids is 1. The van der Waals surface area contributed by atoms with Crippen LogP contribution in [0.3, 0.4) is 0 Å². The number of pyridine rings is 1. The van der Waals surface area contributed by atoms with Gasteiger partial charge >= 0.3 is 5.97 Å². The third-order valence-corrected chi connectivity index (χ3v) is 4.76. The van der Waals surface area contributed by atoms with Gasteiger partial charge in [-0.1, -0.05) is 0 Å². The lowest BCUT2D eigenvalue weighted by Crippen LogP contribution is -2.47. The molecule has 7 heteroatoms. The van der Waals surface area contributed by atoms with Gasteiger partial charge in [-0.3, -0.25) is 0 Å². The molecule has 0 saturated carbocycles. The van der Waals surface area contributed by atoms with Crippen LogP contribution in [0.25, 0.3) is 0 Å². The number of thiazole rings is 1. The topological polar surface area (TPSA) is 58.6 Å². The molecule has 122 valence electrons. The van der Waals surface area contributed by atoms with Crippen LogP contribution in [-0.4, -0.2) is 48.7 Å². The van der Waals surface area contributed by atoms with E-state index in [-0.39, 0.29) is 5.97 Å². The fraction of sp³-hybridized carbons (Fsp3) is 0.438. The Morgan fingerprint density at radius 2 is 2.04 bits per heavy atom. The largest absolute Gasteiger partial charge is 0.462 e. The highest BCUT2D eigenvalue weighted by Crippen LogP contribution is 2.24. The first-order valence-corrected chi connectivity index (χ1v) is 8.61. The maximum atomic E-state index is 12.1. The normalized spacial score (nSPS) is 14.9. The van der Waals surface area contributed by atoms with Gasteiger partial charge in [0.05, 0.1) is 12.3 Å². The van der Waals surface area contributed by atoms with Gasteiger partial charge in [-0.05, 0) is 26.0 Å². The molecule has 1 aliphatic rings. The third-order valence-electron chi connectivity index (χ3n) is 3.74. The molecule has 1 aliphatic heterocycles. The van der Waals surface area contributed by atoms with Crippen LogP contribution in [0.2, 0.25) is 0 Å².